The van der Waals surface area contributed by atoms with Crippen molar-refractivity contribution in [2.24, 2.45) is 7.05 Å². The fourth-order valence-corrected chi connectivity index (χ4v) is 4.06. The van der Waals surface area contributed by atoms with Crippen LogP contribution < -0.4 is 19.9 Å². The molecule has 0 spiro atoms. The van der Waals surface area contributed by atoms with Gasteiger partial charge >= 0.3 is 6.36 Å². The molecule has 3 heterocycles. The van der Waals surface area contributed by atoms with E-state index in [1.165, 1.54) is 22.8 Å². The average molecular weight is 479 g/mol. The second-order valence-electron chi connectivity index (χ2n) is 7.53. The number of nitriles is 1. The first kappa shape index (κ1) is 22.7. The number of aromatic nitrogens is 2. The molecule has 0 aliphatic carbocycles. The highest BCUT2D eigenvalue weighted by Crippen LogP contribution is 2.32. The van der Waals surface area contributed by atoms with Gasteiger partial charge in [-0.25, -0.2) is 4.98 Å². The summed E-state index contributed by atoms with van der Waals surface area (Å²) in [7, 11) is 1.57. The third-order valence-electron chi connectivity index (χ3n) is 5.39. The number of hydrogen-bond donors (Lipinski definition) is 0. The second-order valence-corrected chi connectivity index (χ2v) is 7.92. The molecule has 0 bridgehead atoms. The molecule has 33 heavy (non-hydrogen) atoms. The fourth-order valence-electron chi connectivity index (χ4n) is 3.91. The van der Waals surface area contributed by atoms with Crippen LogP contribution in [0.5, 0.6) is 11.5 Å². The van der Waals surface area contributed by atoms with Crippen LogP contribution >= 0.6 is 11.6 Å². The zero-order valence-electron chi connectivity index (χ0n) is 17.4. The van der Waals surface area contributed by atoms with Gasteiger partial charge in [-0.1, -0.05) is 17.7 Å². The van der Waals surface area contributed by atoms with Gasteiger partial charge in [-0.3, -0.25) is 4.79 Å². The zero-order valence-corrected chi connectivity index (χ0v) is 18.2. The number of fused-ring (bicyclic) bond motifs is 1. The number of hydrogen-bond acceptors (Lipinski definition) is 6. The lowest BCUT2D eigenvalue weighted by Gasteiger charge is -2.34. The number of alkyl halides is 3. The van der Waals surface area contributed by atoms with Gasteiger partial charge in [0, 0.05) is 39.0 Å². The maximum Gasteiger partial charge on any atom is 0.573 e. The number of aryl methyl sites for hydroxylation is 1. The molecular formula is C22H18ClF3N4O3. The van der Waals surface area contributed by atoms with Crippen LogP contribution in [0.25, 0.3) is 11.0 Å². The Balaban J connectivity index is 1.55. The predicted molar refractivity (Wildman–Crippen MR) is 116 cm³/mol. The van der Waals surface area contributed by atoms with Crippen molar-refractivity contribution >= 4 is 28.3 Å². The minimum absolute atomic E-state index is 0.0175. The Hall–Kier alpha value is -3.45. The van der Waals surface area contributed by atoms with E-state index in [2.05, 4.69) is 9.72 Å². The Morgan fingerprint density at radius 2 is 1.88 bits per heavy atom. The molecule has 2 aromatic heterocycles. The van der Waals surface area contributed by atoms with Crippen LogP contribution in [0.2, 0.25) is 5.15 Å². The molecule has 0 atom stereocenters. The molecular weight excluding hydrogens is 461 g/mol. The van der Waals surface area contributed by atoms with Gasteiger partial charge in [0.2, 0.25) is 0 Å². The van der Waals surface area contributed by atoms with Gasteiger partial charge in [0.15, 0.2) is 0 Å². The number of ether oxygens (including phenoxy) is 2. The van der Waals surface area contributed by atoms with Gasteiger partial charge in [-0.05, 0) is 24.3 Å². The predicted octanol–water partition coefficient (Wildman–Crippen LogP) is 4.40. The molecule has 11 heteroatoms. The van der Waals surface area contributed by atoms with E-state index in [1.807, 2.05) is 11.0 Å². The maximum atomic E-state index is 12.7. The molecule has 7 nitrogen and oxygen atoms in total. The van der Waals surface area contributed by atoms with E-state index in [0.717, 1.165) is 0 Å². The van der Waals surface area contributed by atoms with Gasteiger partial charge in [-0.2, -0.15) is 5.26 Å². The van der Waals surface area contributed by atoms with Crippen LogP contribution in [0.1, 0.15) is 18.4 Å². The molecule has 1 fully saturated rings. The van der Waals surface area contributed by atoms with E-state index in [9.17, 15) is 23.2 Å². The molecule has 1 aliphatic rings. The third-order valence-corrected chi connectivity index (χ3v) is 5.60. The molecule has 3 aromatic rings. The van der Waals surface area contributed by atoms with Crippen LogP contribution in [0.4, 0.5) is 18.9 Å². The summed E-state index contributed by atoms with van der Waals surface area (Å²) in [6, 6.07) is 10.6. The van der Waals surface area contributed by atoms with Gasteiger partial charge in [0.05, 0.1) is 11.2 Å². The van der Waals surface area contributed by atoms with Gasteiger partial charge < -0.3 is 18.9 Å². The number of rotatable bonds is 4. The van der Waals surface area contributed by atoms with Crippen LogP contribution in [0.3, 0.4) is 0 Å². The minimum atomic E-state index is -4.78. The minimum Gasteiger partial charge on any atom is -0.490 e. The van der Waals surface area contributed by atoms with Crippen molar-refractivity contribution in [1.82, 2.24) is 9.55 Å². The summed E-state index contributed by atoms with van der Waals surface area (Å²) in [6.45, 7) is 0.906. The zero-order chi connectivity index (χ0) is 23.8. The highest BCUT2D eigenvalue weighted by Gasteiger charge is 2.31. The van der Waals surface area contributed by atoms with Gasteiger partial charge in [0.25, 0.3) is 5.56 Å². The van der Waals surface area contributed by atoms with Crippen molar-refractivity contribution in [2.45, 2.75) is 25.3 Å². The maximum absolute atomic E-state index is 12.7. The molecule has 0 radical (unpaired) electrons. The lowest BCUT2D eigenvalue weighted by atomic mass is 10.0. The van der Waals surface area contributed by atoms with Crippen LogP contribution in [0.15, 0.2) is 41.2 Å². The van der Waals surface area contributed by atoms with E-state index in [0.29, 0.717) is 42.7 Å². The summed E-state index contributed by atoms with van der Waals surface area (Å²) in [5.74, 6) is -0.0916. The summed E-state index contributed by atoms with van der Waals surface area (Å²) >= 11 is 6.08. The number of piperidine rings is 1. The average Bonchev–Trinajstić information content (AvgIpc) is 2.76. The highest BCUT2D eigenvalue weighted by atomic mass is 35.5. The van der Waals surface area contributed by atoms with Crippen LogP contribution in [-0.2, 0) is 7.05 Å². The third kappa shape index (κ3) is 4.83. The lowest BCUT2D eigenvalue weighted by Crippen LogP contribution is -2.40. The molecule has 1 aliphatic heterocycles. The Bertz CT molecular complexity index is 1300. The van der Waals surface area contributed by atoms with E-state index in [1.54, 1.807) is 25.2 Å². The van der Waals surface area contributed by atoms with Crippen molar-refractivity contribution < 1.29 is 22.6 Å². The molecule has 0 N–H and O–H groups in total. The van der Waals surface area contributed by atoms with Crippen molar-refractivity contribution in [3.05, 3.63) is 57.5 Å². The highest BCUT2D eigenvalue weighted by molar-refractivity contribution is 6.29. The summed E-state index contributed by atoms with van der Waals surface area (Å²) in [4.78, 5) is 19.0. The molecule has 0 saturated carbocycles. The topological polar surface area (TPSA) is 80.4 Å². The second kappa shape index (κ2) is 8.83. The summed E-state index contributed by atoms with van der Waals surface area (Å²) in [5, 5.41) is 9.91. The molecule has 1 saturated heterocycles. The number of benzene rings is 1. The summed E-state index contributed by atoms with van der Waals surface area (Å²) in [5.41, 5.74) is 0.994. The first-order chi connectivity index (χ1) is 15.7. The lowest BCUT2D eigenvalue weighted by molar-refractivity contribution is -0.274. The molecule has 172 valence electrons. The van der Waals surface area contributed by atoms with Crippen molar-refractivity contribution in [3.8, 4) is 17.6 Å². The fraction of sp³-hybridized carbons (Fsp3) is 0.318. The quantitative estimate of drug-likeness (QED) is 0.517. The Morgan fingerprint density at radius 1 is 1.18 bits per heavy atom. The molecule has 1 aromatic carbocycles. The Morgan fingerprint density at radius 3 is 2.55 bits per heavy atom. The smallest absolute Gasteiger partial charge is 0.490 e. The van der Waals surface area contributed by atoms with Crippen molar-refractivity contribution in [1.29, 1.82) is 5.26 Å². The summed E-state index contributed by atoms with van der Waals surface area (Å²) in [6.07, 6.45) is -4.00. The van der Waals surface area contributed by atoms with Crippen LogP contribution in [0, 0.1) is 11.3 Å². The van der Waals surface area contributed by atoms with E-state index in [4.69, 9.17) is 16.3 Å². The van der Waals surface area contributed by atoms with Crippen molar-refractivity contribution in [2.75, 3.05) is 18.0 Å². The van der Waals surface area contributed by atoms with E-state index in [-0.39, 0.29) is 28.3 Å². The Labute approximate surface area is 191 Å². The number of nitrogens with zero attached hydrogens (tertiary/aromatic N) is 4. The van der Waals surface area contributed by atoms with Crippen molar-refractivity contribution in [3.63, 3.8) is 0 Å². The van der Waals surface area contributed by atoms with Crippen LogP contribution in [-0.4, -0.2) is 35.1 Å². The SMILES string of the molecule is Cn1c(=O)c(C#N)c(N2CCC(Oc3cccc(OC(F)(F)F)c3)CC2)c2nc(Cl)ccc21. The van der Waals surface area contributed by atoms with Gasteiger partial charge in [-0.15, -0.1) is 13.2 Å². The standard InChI is InChI=1S/C22H18ClF3N4O3/c1-29-17-5-6-18(23)28-19(17)20(16(12-27)21(29)31)30-9-7-13(8-10-30)32-14-3-2-4-15(11-14)33-22(24,25)26/h2-6,11,13H,7-10H2,1H3. The first-order valence-corrected chi connectivity index (χ1v) is 10.4. The van der Waals surface area contributed by atoms with E-state index < -0.39 is 11.9 Å². The molecule has 0 unspecified atom stereocenters. The normalized spacial score (nSPS) is 14.8. The number of anilines is 1. The van der Waals surface area contributed by atoms with Gasteiger partial charge in [0.1, 0.15) is 39.9 Å². The first-order valence-electron chi connectivity index (χ1n) is 10.0. The summed E-state index contributed by atoms with van der Waals surface area (Å²) < 4.78 is 48.5. The number of halogens is 4. The molecule has 0 amide bonds. The Kier molecular flexibility index (Phi) is 6.08. The van der Waals surface area contributed by atoms with E-state index >= 15 is 0 Å². The largest absolute Gasteiger partial charge is 0.573 e. The molecule has 4 rings (SSSR count). The monoisotopic (exact) mass is 478 g/mol. The number of pyridine rings is 2.